The van der Waals surface area contributed by atoms with Crippen LogP contribution in [0.15, 0.2) is 22.7 Å². The first-order valence-electron chi connectivity index (χ1n) is 6.91. The standard InChI is InChI=1S/C15H17BrFNO2/c16-12-4-3-10(13(17)6-12)7-18-8-11-2-1-5-15(11,9-18)14(19)20/h3-4,6,11H,1-2,5,7-9H2,(H,19,20)/t11-,15+/m0/s1. The predicted octanol–water partition coefficient (Wildman–Crippen LogP) is 3.27. The third-order valence-electron chi connectivity index (χ3n) is 4.78. The van der Waals surface area contributed by atoms with E-state index in [2.05, 4.69) is 20.8 Å². The lowest BCUT2D eigenvalue weighted by Crippen LogP contribution is -2.35. The summed E-state index contributed by atoms with van der Waals surface area (Å²) in [5, 5.41) is 9.54. The van der Waals surface area contributed by atoms with Crippen LogP contribution in [0.1, 0.15) is 24.8 Å². The highest BCUT2D eigenvalue weighted by atomic mass is 79.9. The van der Waals surface area contributed by atoms with Crippen molar-refractivity contribution in [3.63, 3.8) is 0 Å². The number of hydrogen-bond donors (Lipinski definition) is 1. The van der Waals surface area contributed by atoms with Crippen LogP contribution < -0.4 is 0 Å². The Balaban J connectivity index is 1.76. The van der Waals surface area contributed by atoms with E-state index in [9.17, 15) is 14.3 Å². The number of rotatable bonds is 3. The third kappa shape index (κ3) is 2.27. The molecule has 0 amide bonds. The van der Waals surface area contributed by atoms with Crippen molar-refractivity contribution >= 4 is 21.9 Å². The van der Waals surface area contributed by atoms with E-state index in [4.69, 9.17) is 0 Å². The monoisotopic (exact) mass is 341 g/mol. The number of fused-ring (bicyclic) bond motifs is 1. The summed E-state index contributed by atoms with van der Waals surface area (Å²) in [6, 6.07) is 5.04. The molecule has 1 aliphatic carbocycles. The van der Waals surface area contributed by atoms with E-state index in [1.54, 1.807) is 6.07 Å². The molecule has 3 nitrogen and oxygen atoms in total. The summed E-state index contributed by atoms with van der Waals surface area (Å²) in [6.07, 6.45) is 2.73. The van der Waals surface area contributed by atoms with Gasteiger partial charge in [-0.2, -0.15) is 0 Å². The normalized spacial score (nSPS) is 29.6. The number of aliphatic carboxylic acids is 1. The summed E-state index contributed by atoms with van der Waals surface area (Å²) in [6.45, 7) is 1.80. The number of hydrogen-bond acceptors (Lipinski definition) is 2. The quantitative estimate of drug-likeness (QED) is 0.917. The maximum Gasteiger partial charge on any atom is 0.311 e. The summed E-state index contributed by atoms with van der Waals surface area (Å²) < 4.78 is 14.6. The smallest absolute Gasteiger partial charge is 0.311 e. The van der Waals surface area contributed by atoms with E-state index >= 15 is 0 Å². The topological polar surface area (TPSA) is 40.5 Å². The minimum atomic E-state index is -0.682. The van der Waals surface area contributed by atoms with Gasteiger partial charge in [0.25, 0.3) is 0 Å². The second-order valence-corrected chi connectivity index (χ2v) is 6.87. The largest absolute Gasteiger partial charge is 0.481 e. The molecule has 20 heavy (non-hydrogen) atoms. The van der Waals surface area contributed by atoms with Crippen LogP contribution in [-0.2, 0) is 11.3 Å². The van der Waals surface area contributed by atoms with E-state index in [1.807, 2.05) is 6.07 Å². The zero-order valence-corrected chi connectivity index (χ0v) is 12.7. The first-order chi connectivity index (χ1) is 9.51. The van der Waals surface area contributed by atoms with Gasteiger partial charge in [0.05, 0.1) is 5.41 Å². The molecule has 1 saturated carbocycles. The Hall–Kier alpha value is -0.940. The second kappa shape index (κ2) is 5.11. The summed E-state index contributed by atoms with van der Waals surface area (Å²) in [7, 11) is 0. The Morgan fingerprint density at radius 3 is 3.00 bits per heavy atom. The molecule has 1 saturated heterocycles. The van der Waals surface area contributed by atoms with Gasteiger partial charge in [0.2, 0.25) is 0 Å². The highest BCUT2D eigenvalue weighted by Gasteiger charge is 2.54. The highest BCUT2D eigenvalue weighted by molar-refractivity contribution is 9.10. The fraction of sp³-hybridized carbons (Fsp3) is 0.533. The van der Waals surface area contributed by atoms with Gasteiger partial charge in [0, 0.05) is 29.7 Å². The van der Waals surface area contributed by atoms with Gasteiger partial charge >= 0.3 is 5.97 Å². The lowest BCUT2D eigenvalue weighted by Gasteiger charge is -2.23. The number of nitrogens with zero attached hydrogens (tertiary/aromatic N) is 1. The molecule has 108 valence electrons. The Bertz CT molecular complexity index is 551. The van der Waals surface area contributed by atoms with Crippen LogP contribution >= 0.6 is 15.9 Å². The molecule has 0 spiro atoms. The third-order valence-corrected chi connectivity index (χ3v) is 5.27. The lowest BCUT2D eigenvalue weighted by molar-refractivity contribution is -0.149. The number of likely N-dealkylation sites (tertiary alicyclic amines) is 1. The summed E-state index contributed by atoms with van der Waals surface area (Å²) in [5.74, 6) is -0.696. The van der Waals surface area contributed by atoms with Gasteiger partial charge in [0.15, 0.2) is 0 Å². The predicted molar refractivity (Wildman–Crippen MR) is 76.8 cm³/mol. The van der Waals surface area contributed by atoms with Crippen molar-refractivity contribution in [1.82, 2.24) is 4.90 Å². The SMILES string of the molecule is O=C(O)[C@@]12CCC[C@H]1CN(Cc1ccc(Br)cc1F)C2. The summed E-state index contributed by atoms with van der Waals surface area (Å²) in [4.78, 5) is 13.7. The maximum atomic E-state index is 13.9. The first kappa shape index (κ1) is 14.0. The number of benzene rings is 1. The van der Waals surface area contributed by atoms with Crippen molar-refractivity contribution in [3.05, 3.63) is 34.1 Å². The molecule has 5 heteroatoms. The first-order valence-corrected chi connectivity index (χ1v) is 7.70. The number of carboxylic acids is 1. The molecule has 0 bridgehead atoms. The molecule has 1 heterocycles. The van der Waals surface area contributed by atoms with Crippen molar-refractivity contribution < 1.29 is 14.3 Å². The molecule has 1 aromatic carbocycles. The van der Waals surface area contributed by atoms with E-state index in [-0.39, 0.29) is 11.7 Å². The van der Waals surface area contributed by atoms with Crippen molar-refractivity contribution in [2.24, 2.45) is 11.3 Å². The Morgan fingerprint density at radius 1 is 1.55 bits per heavy atom. The second-order valence-electron chi connectivity index (χ2n) is 5.96. The summed E-state index contributed by atoms with van der Waals surface area (Å²) in [5.41, 5.74) is 0.0416. The van der Waals surface area contributed by atoms with Crippen molar-refractivity contribution in [2.75, 3.05) is 13.1 Å². The summed E-state index contributed by atoms with van der Waals surface area (Å²) >= 11 is 3.24. The molecule has 1 aromatic rings. The van der Waals surface area contributed by atoms with Crippen molar-refractivity contribution in [3.8, 4) is 0 Å². The van der Waals surface area contributed by atoms with Crippen LogP contribution in [0, 0.1) is 17.2 Å². The Labute approximate surface area is 125 Å². The van der Waals surface area contributed by atoms with E-state index in [0.29, 0.717) is 18.7 Å². The van der Waals surface area contributed by atoms with Crippen LogP contribution in [0.3, 0.4) is 0 Å². The van der Waals surface area contributed by atoms with Gasteiger partial charge in [-0.15, -0.1) is 0 Å². The molecule has 2 aliphatic rings. The average Bonchev–Trinajstić information content (AvgIpc) is 2.90. The number of carboxylic acid groups (broad SMARTS) is 1. The van der Waals surface area contributed by atoms with Gasteiger partial charge in [-0.25, -0.2) is 4.39 Å². The Kier molecular flexibility index (Phi) is 3.58. The van der Waals surface area contributed by atoms with Gasteiger partial charge in [0.1, 0.15) is 5.82 Å². The molecular formula is C15H17BrFNO2. The molecular weight excluding hydrogens is 325 g/mol. The zero-order chi connectivity index (χ0) is 14.3. The molecule has 1 aliphatic heterocycles. The van der Waals surface area contributed by atoms with Gasteiger partial charge in [-0.05, 0) is 30.9 Å². The molecule has 0 radical (unpaired) electrons. The van der Waals surface area contributed by atoms with Crippen LogP contribution in [0.5, 0.6) is 0 Å². The van der Waals surface area contributed by atoms with E-state index in [0.717, 1.165) is 30.3 Å². The molecule has 2 atom stereocenters. The van der Waals surface area contributed by atoms with Gasteiger partial charge in [-0.3, -0.25) is 9.69 Å². The highest BCUT2D eigenvalue weighted by Crippen LogP contribution is 2.49. The molecule has 2 fully saturated rings. The van der Waals surface area contributed by atoms with Gasteiger partial charge in [-0.1, -0.05) is 28.4 Å². The van der Waals surface area contributed by atoms with Crippen LogP contribution in [0.2, 0.25) is 0 Å². The van der Waals surface area contributed by atoms with E-state index < -0.39 is 11.4 Å². The lowest BCUT2D eigenvalue weighted by atomic mass is 9.81. The van der Waals surface area contributed by atoms with Crippen molar-refractivity contribution in [1.29, 1.82) is 0 Å². The van der Waals surface area contributed by atoms with Crippen LogP contribution in [0.4, 0.5) is 4.39 Å². The van der Waals surface area contributed by atoms with Crippen molar-refractivity contribution in [2.45, 2.75) is 25.8 Å². The zero-order valence-electron chi connectivity index (χ0n) is 11.1. The fourth-order valence-electron chi connectivity index (χ4n) is 3.75. The average molecular weight is 342 g/mol. The number of carbonyl (C=O) groups is 1. The van der Waals surface area contributed by atoms with Crippen LogP contribution in [-0.4, -0.2) is 29.1 Å². The van der Waals surface area contributed by atoms with Gasteiger partial charge < -0.3 is 5.11 Å². The number of halogens is 2. The van der Waals surface area contributed by atoms with Crippen LogP contribution in [0.25, 0.3) is 0 Å². The minimum Gasteiger partial charge on any atom is -0.481 e. The molecule has 0 unspecified atom stereocenters. The molecule has 1 N–H and O–H groups in total. The Morgan fingerprint density at radius 2 is 2.35 bits per heavy atom. The molecule has 3 rings (SSSR count). The maximum absolute atomic E-state index is 13.9. The fourth-order valence-corrected chi connectivity index (χ4v) is 4.09. The molecule has 0 aromatic heterocycles. The minimum absolute atomic E-state index is 0.221. The van der Waals surface area contributed by atoms with E-state index in [1.165, 1.54) is 6.07 Å².